The summed E-state index contributed by atoms with van der Waals surface area (Å²) < 4.78 is 25.7. The van der Waals surface area contributed by atoms with Crippen LogP contribution in [0.1, 0.15) is 55.6 Å². The molecule has 0 radical (unpaired) electrons. The Morgan fingerprint density at radius 2 is 1.85 bits per heavy atom. The Balaban J connectivity index is 1.94. The third-order valence-corrected chi connectivity index (χ3v) is 8.00. The van der Waals surface area contributed by atoms with Crippen molar-refractivity contribution in [1.82, 2.24) is 9.97 Å². The Labute approximate surface area is 200 Å². The van der Waals surface area contributed by atoms with Gasteiger partial charge in [-0.15, -0.1) is 0 Å². The Bertz CT molecular complexity index is 1230. The number of anilines is 2. The number of aliphatic hydroxyl groups excluding tert-OH is 1. The second-order valence-corrected chi connectivity index (χ2v) is 12.3. The first kappa shape index (κ1) is 24.4. The van der Waals surface area contributed by atoms with Crippen LogP contribution in [0.5, 0.6) is 0 Å². The van der Waals surface area contributed by atoms with E-state index >= 15 is 0 Å². The van der Waals surface area contributed by atoms with Gasteiger partial charge in [-0.2, -0.15) is 0 Å². The van der Waals surface area contributed by atoms with Gasteiger partial charge in [-0.3, -0.25) is 4.79 Å². The van der Waals surface area contributed by atoms with Crippen LogP contribution >= 0.6 is 0 Å². The van der Waals surface area contributed by atoms with Gasteiger partial charge in [0.25, 0.3) is 5.91 Å². The highest BCUT2D eigenvalue weighted by molar-refractivity contribution is 7.90. The molecule has 184 valence electrons. The van der Waals surface area contributed by atoms with Crippen LogP contribution in [-0.4, -0.2) is 60.9 Å². The number of primary amides is 1. The number of aliphatic hydroxyl groups is 1. The van der Waals surface area contributed by atoms with E-state index in [2.05, 4.69) is 20.2 Å². The van der Waals surface area contributed by atoms with Crippen LogP contribution in [0.4, 0.5) is 11.6 Å². The van der Waals surface area contributed by atoms with E-state index < -0.39 is 21.3 Å². The molecule has 2 fully saturated rings. The van der Waals surface area contributed by atoms with Crippen molar-refractivity contribution in [2.24, 2.45) is 11.1 Å². The lowest BCUT2D eigenvalue weighted by molar-refractivity contribution is 0.100. The summed E-state index contributed by atoms with van der Waals surface area (Å²) in [6, 6.07) is 4.64. The molecular weight excluding hydrogens is 454 g/mol. The van der Waals surface area contributed by atoms with Gasteiger partial charge in [-0.1, -0.05) is 0 Å². The highest BCUT2D eigenvalue weighted by atomic mass is 32.2. The van der Waals surface area contributed by atoms with E-state index in [-0.39, 0.29) is 23.0 Å². The van der Waals surface area contributed by atoms with Crippen LogP contribution in [0, 0.1) is 12.3 Å². The topological polar surface area (TPSA) is 139 Å². The summed E-state index contributed by atoms with van der Waals surface area (Å²) in [5.74, 6) is -0.354. The molecule has 1 aliphatic heterocycles. The number of carbonyl (C=O) groups is 1. The van der Waals surface area contributed by atoms with Gasteiger partial charge in [0.05, 0.1) is 34.0 Å². The average molecular weight is 488 g/mol. The third-order valence-electron chi connectivity index (χ3n) is 6.86. The van der Waals surface area contributed by atoms with Crippen LogP contribution < -0.4 is 16.0 Å². The van der Waals surface area contributed by atoms with Crippen molar-refractivity contribution < 1.29 is 18.3 Å². The summed E-state index contributed by atoms with van der Waals surface area (Å²) >= 11 is 0. The van der Waals surface area contributed by atoms with E-state index in [0.29, 0.717) is 41.1 Å². The molecule has 34 heavy (non-hydrogen) atoms. The molecule has 0 unspecified atom stereocenters. The molecule has 1 saturated heterocycles. The number of amides is 1. The van der Waals surface area contributed by atoms with Crippen LogP contribution in [0.2, 0.25) is 0 Å². The van der Waals surface area contributed by atoms with Gasteiger partial charge in [0.15, 0.2) is 9.84 Å². The highest BCUT2D eigenvalue weighted by Crippen LogP contribution is 2.54. The third kappa shape index (κ3) is 4.88. The monoisotopic (exact) mass is 487 g/mol. The largest absolute Gasteiger partial charge is 0.394 e. The number of nitrogens with two attached hydrogens (primary N) is 1. The Hall–Kier alpha value is -2.72. The summed E-state index contributed by atoms with van der Waals surface area (Å²) in [6.45, 7) is 6.69. The Kier molecular flexibility index (Phi) is 6.10. The fraction of sp³-hybridized carbons (Fsp3) is 0.542. The fourth-order valence-electron chi connectivity index (χ4n) is 4.63. The van der Waals surface area contributed by atoms with Gasteiger partial charge in [-0.05, 0) is 70.1 Å². The molecule has 2 aromatic rings. The van der Waals surface area contributed by atoms with E-state index in [1.807, 2.05) is 0 Å². The summed E-state index contributed by atoms with van der Waals surface area (Å²) in [5, 5.41) is 12.8. The summed E-state index contributed by atoms with van der Waals surface area (Å²) in [4.78, 5) is 23.7. The van der Waals surface area contributed by atoms with Crippen LogP contribution in [0.15, 0.2) is 23.1 Å². The first-order chi connectivity index (χ1) is 15.8. The van der Waals surface area contributed by atoms with Crippen molar-refractivity contribution in [3.8, 4) is 11.3 Å². The zero-order valence-corrected chi connectivity index (χ0v) is 21.0. The van der Waals surface area contributed by atoms with Gasteiger partial charge in [0, 0.05) is 30.6 Å². The molecule has 2 aliphatic rings. The SMILES string of the molecule is Cc1cc(-c2c(S(C)(=O)=O)ccc(C(N)=O)c2N2CCC3(CC2)CC3)nc(NC(C)(C)CO)n1. The first-order valence-electron chi connectivity index (χ1n) is 11.5. The van der Waals surface area contributed by atoms with Gasteiger partial charge in [0.1, 0.15) is 0 Å². The summed E-state index contributed by atoms with van der Waals surface area (Å²) in [6.07, 6.45) is 5.58. The zero-order valence-electron chi connectivity index (χ0n) is 20.2. The maximum atomic E-state index is 12.9. The molecule has 0 atom stereocenters. The van der Waals surface area contributed by atoms with Crippen LogP contribution in [-0.2, 0) is 9.84 Å². The number of hydrogen-bond acceptors (Lipinski definition) is 8. The van der Waals surface area contributed by atoms with Gasteiger partial charge >= 0.3 is 0 Å². The van der Waals surface area contributed by atoms with Crippen molar-refractivity contribution in [3.63, 3.8) is 0 Å². The van der Waals surface area contributed by atoms with E-state index in [1.165, 1.54) is 25.0 Å². The molecule has 9 nitrogen and oxygen atoms in total. The minimum Gasteiger partial charge on any atom is -0.394 e. The fourth-order valence-corrected chi connectivity index (χ4v) is 5.52. The molecule has 4 rings (SSSR count). The number of sulfone groups is 1. The molecule has 10 heteroatoms. The Morgan fingerprint density at radius 1 is 1.21 bits per heavy atom. The van der Waals surface area contributed by atoms with Crippen LogP contribution in [0.3, 0.4) is 0 Å². The quantitative estimate of drug-likeness (QED) is 0.541. The van der Waals surface area contributed by atoms with Gasteiger partial charge in [-0.25, -0.2) is 18.4 Å². The number of nitrogens with zero attached hydrogens (tertiary/aromatic N) is 3. The molecule has 1 amide bonds. The molecular formula is C24H33N5O4S. The zero-order chi connectivity index (χ0) is 24.9. The number of aryl methyl sites for hydroxylation is 1. The lowest BCUT2D eigenvalue weighted by atomic mass is 9.91. The predicted molar refractivity (Wildman–Crippen MR) is 132 cm³/mol. The maximum Gasteiger partial charge on any atom is 0.250 e. The van der Waals surface area contributed by atoms with Crippen LogP contribution in [0.25, 0.3) is 11.3 Å². The number of carbonyl (C=O) groups excluding carboxylic acids is 1. The number of piperidine rings is 1. The second kappa shape index (κ2) is 8.49. The van der Waals surface area contributed by atoms with E-state index in [0.717, 1.165) is 19.1 Å². The molecule has 1 aliphatic carbocycles. The maximum absolute atomic E-state index is 12.9. The standard InChI is InChI=1S/C24H33N5O4S/c1-15-13-17(27-22(26-15)28-23(2,3)14-30)19-18(34(4,32)33)6-5-16(21(25)31)20(19)29-11-9-24(7-8-24)10-12-29/h5-6,13,30H,7-12,14H2,1-4H3,(H2,25,31)(H,26,27,28). The molecule has 1 spiro atoms. The number of benzene rings is 1. The van der Waals surface area contributed by atoms with Crippen molar-refractivity contribution >= 4 is 27.4 Å². The van der Waals surface area contributed by atoms with Crippen molar-refractivity contribution in [3.05, 3.63) is 29.5 Å². The van der Waals surface area contributed by atoms with Crippen molar-refractivity contribution in [2.45, 2.75) is 56.9 Å². The minimum absolute atomic E-state index is 0.0877. The number of hydrogen-bond donors (Lipinski definition) is 3. The highest BCUT2D eigenvalue weighted by Gasteiger charge is 2.45. The Morgan fingerprint density at radius 3 is 2.38 bits per heavy atom. The average Bonchev–Trinajstić information content (AvgIpc) is 3.50. The normalized spacial score (nSPS) is 17.6. The first-order valence-corrected chi connectivity index (χ1v) is 13.4. The number of rotatable bonds is 7. The van der Waals surface area contributed by atoms with Crippen molar-refractivity contribution in [1.29, 1.82) is 0 Å². The number of nitrogens with one attached hydrogen (secondary N) is 1. The molecule has 1 aromatic heterocycles. The lowest BCUT2D eigenvalue weighted by Crippen LogP contribution is -2.36. The second-order valence-electron chi connectivity index (χ2n) is 10.3. The summed E-state index contributed by atoms with van der Waals surface area (Å²) in [5.41, 5.74) is 7.63. The smallest absolute Gasteiger partial charge is 0.250 e. The van der Waals surface area contributed by atoms with E-state index in [9.17, 15) is 18.3 Å². The van der Waals surface area contributed by atoms with Crippen molar-refractivity contribution in [2.75, 3.05) is 36.2 Å². The molecule has 1 aromatic carbocycles. The predicted octanol–water partition coefficient (Wildman–Crippen LogP) is 2.52. The van der Waals surface area contributed by atoms with Gasteiger partial charge in [0.2, 0.25) is 5.95 Å². The number of aromatic nitrogens is 2. The molecule has 2 heterocycles. The van der Waals surface area contributed by atoms with E-state index in [1.54, 1.807) is 26.8 Å². The minimum atomic E-state index is -3.66. The summed E-state index contributed by atoms with van der Waals surface area (Å²) in [7, 11) is -3.66. The van der Waals surface area contributed by atoms with E-state index in [4.69, 9.17) is 5.73 Å². The molecule has 4 N–H and O–H groups in total. The molecule has 0 bridgehead atoms. The lowest BCUT2D eigenvalue weighted by Gasteiger charge is -2.36. The van der Waals surface area contributed by atoms with Gasteiger partial charge < -0.3 is 21.1 Å². The molecule has 1 saturated carbocycles.